The van der Waals surface area contributed by atoms with E-state index in [0.29, 0.717) is 39.6 Å². The van der Waals surface area contributed by atoms with Gasteiger partial charge in [0, 0.05) is 73.4 Å². The van der Waals surface area contributed by atoms with E-state index in [2.05, 4.69) is 367 Å². The number of hydrogen-bond donors (Lipinski definition) is 0. The Bertz CT molecular complexity index is 7570. The second kappa shape index (κ2) is 43.5. The number of ether oxygens (including phenoxy) is 4. The van der Waals surface area contributed by atoms with Crippen molar-refractivity contribution in [3.05, 3.63) is 364 Å². The van der Waals surface area contributed by atoms with Crippen LogP contribution in [0, 0.1) is 34.6 Å². The molecule has 3 aliphatic carbocycles. The molecule has 21 rings (SSSR count). The molecule has 0 spiro atoms. The third kappa shape index (κ3) is 18.8. The minimum Gasteiger partial charge on any atom is -0.491 e. The van der Waals surface area contributed by atoms with E-state index in [1.807, 2.05) is 13.8 Å². The minimum absolute atomic E-state index is 0.0714. The monoisotopic (exact) mass is 1910 g/mol. The molecule has 0 bridgehead atoms. The molecular weight excluding hydrogens is 1760 g/mol. The van der Waals surface area contributed by atoms with Crippen molar-refractivity contribution < 1.29 is 18.9 Å². The van der Waals surface area contributed by atoms with Crippen molar-refractivity contribution in [1.82, 2.24) is 13.7 Å². The Hall–Kier alpha value is -12.8. The molecule has 0 N–H and O–H groups in total. The first-order valence-corrected chi connectivity index (χ1v) is 55.9. The average Bonchev–Trinajstić information content (AvgIpc) is 1.56. The van der Waals surface area contributed by atoms with Gasteiger partial charge in [-0.1, -0.05) is 349 Å². The first kappa shape index (κ1) is 98.3. The van der Waals surface area contributed by atoms with Gasteiger partial charge in [0.1, 0.15) is 24.7 Å². The highest BCUT2D eigenvalue weighted by molar-refractivity contribution is 6.15. The van der Waals surface area contributed by atoms with E-state index in [0.717, 1.165) is 41.4 Å². The maximum atomic E-state index is 6.55. The van der Waals surface area contributed by atoms with Crippen molar-refractivity contribution in [2.45, 2.75) is 272 Å². The second-order valence-corrected chi connectivity index (χ2v) is 43.0. The number of hydrogen-bond acceptors (Lipinski definition) is 4. The summed E-state index contributed by atoms with van der Waals surface area (Å²) in [6.07, 6.45) is 34.9. The molecule has 0 saturated carbocycles. The van der Waals surface area contributed by atoms with Crippen LogP contribution < -0.4 is 9.47 Å². The van der Waals surface area contributed by atoms with Crippen molar-refractivity contribution in [2.75, 3.05) is 39.6 Å². The first-order chi connectivity index (χ1) is 71.2. The predicted octanol–water partition coefficient (Wildman–Crippen LogP) is 38.3. The van der Waals surface area contributed by atoms with Crippen LogP contribution in [0.2, 0.25) is 0 Å². The highest BCUT2D eigenvalue weighted by Gasteiger charge is 2.49. The average molecular weight is 1910 g/mol. The van der Waals surface area contributed by atoms with E-state index in [9.17, 15) is 0 Å². The van der Waals surface area contributed by atoms with Crippen LogP contribution in [0.4, 0.5) is 0 Å². The molecule has 0 saturated heterocycles. The van der Waals surface area contributed by atoms with Gasteiger partial charge in [-0.2, -0.15) is 0 Å². The zero-order valence-electron chi connectivity index (χ0n) is 88.2. The zero-order chi connectivity index (χ0) is 99.3. The zero-order valence-corrected chi connectivity index (χ0v) is 88.2. The van der Waals surface area contributed by atoms with Crippen molar-refractivity contribution in [2.24, 2.45) is 0 Å². The van der Waals surface area contributed by atoms with Crippen LogP contribution in [0.3, 0.4) is 0 Å². The molecule has 0 radical (unpaired) electrons. The van der Waals surface area contributed by atoms with Crippen molar-refractivity contribution in [3.8, 4) is 95.3 Å². The molecule has 0 fully saturated rings. The Morgan fingerprint density at radius 3 is 0.821 bits per heavy atom. The second-order valence-electron chi connectivity index (χ2n) is 43.0. The summed E-state index contributed by atoms with van der Waals surface area (Å²) in [5.74, 6) is 1.66. The highest BCUT2D eigenvalue weighted by atomic mass is 16.5. The van der Waals surface area contributed by atoms with Gasteiger partial charge < -0.3 is 32.6 Å². The molecule has 145 heavy (non-hydrogen) atoms. The summed E-state index contributed by atoms with van der Waals surface area (Å²) in [5.41, 5.74) is 42.6. The quantitative estimate of drug-likeness (QED) is 0.0357. The van der Waals surface area contributed by atoms with Crippen molar-refractivity contribution in [3.63, 3.8) is 0 Å². The Morgan fingerprint density at radius 1 is 0.207 bits per heavy atom. The van der Waals surface area contributed by atoms with Crippen LogP contribution in [0.5, 0.6) is 11.5 Å². The van der Waals surface area contributed by atoms with Crippen LogP contribution in [0.15, 0.2) is 291 Å². The van der Waals surface area contributed by atoms with Crippen LogP contribution in [-0.2, 0) is 25.7 Å². The van der Waals surface area contributed by atoms with Crippen LogP contribution >= 0.6 is 0 Å². The first-order valence-electron chi connectivity index (χ1n) is 55.9. The molecule has 3 aromatic heterocycles. The minimum atomic E-state index is -0.798. The lowest BCUT2D eigenvalue weighted by atomic mass is 9.67. The van der Waals surface area contributed by atoms with Gasteiger partial charge in [0.2, 0.25) is 0 Å². The standard InChI is InChI=1S/C138H149N3O4/c1-12-18-22-26-30-34-74-136(75-35-31-27-23-19-13-2)124-85-98(11)40-62-112(124)113-64-45-101(88-125(113)136)103-47-66-116-117-67-48-104(91-129(117)138(128(116)90-103,105-50-58-110(59-51-105)144-80-78-142-16-5)106-52-60-111(61-53-106)145-81-79-143-17-6)102-46-65-115-114-63-44-100(87-126(114)137(127(115)89-102,76-36-32-28-24-20-14-3)77-37-33-29-25-21-15-4)99-49-71-133-121(86-99)120-84-97(10)43-70-132(120)141(133)109-57-73-135-123(93-109)122-92-108(56-72-134(122)139(135)107-54-38-94(7)39-55-107)140-130-68-41-95(8)82-118(130)119-83-96(9)42-69-131(119)140/h38-73,82-93H,12-37,74-81H2,1-11H3. The lowest BCUT2D eigenvalue weighted by Crippen LogP contribution is -2.28. The molecule has 7 nitrogen and oxygen atoms in total. The summed E-state index contributed by atoms with van der Waals surface area (Å²) in [5, 5.41) is 7.53. The third-order valence-electron chi connectivity index (χ3n) is 33.4. The van der Waals surface area contributed by atoms with E-state index in [1.165, 1.54) is 366 Å². The molecule has 18 aromatic rings. The third-order valence-corrected chi connectivity index (χ3v) is 33.4. The fourth-order valence-electron chi connectivity index (χ4n) is 26.0. The smallest absolute Gasteiger partial charge is 0.119 e. The Kier molecular flexibility index (Phi) is 29.5. The van der Waals surface area contributed by atoms with Crippen LogP contribution in [0.1, 0.15) is 294 Å². The number of aryl methyl sites for hydroxylation is 5. The van der Waals surface area contributed by atoms with Gasteiger partial charge in [-0.25, -0.2) is 0 Å². The van der Waals surface area contributed by atoms with Crippen molar-refractivity contribution in [1.29, 1.82) is 0 Å². The largest absolute Gasteiger partial charge is 0.491 e. The van der Waals surface area contributed by atoms with E-state index in [1.54, 1.807) is 5.56 Å². The Morgan fingerprint density at radius 2 is 0.462 bits per heavy atom. The highest BCUT2D eigenvalue weighted by Crippen LogP contribution is 2.62. The van der Waals surface area contributed by atoms with Gasteiger partial charge in [0.15, 0.2) is 0 Å². The maximum absolute atomic E-state index is 6.55. The van der Waals surface area contributed by atoms with E-state index >= 15 is 0 Å². The topological polar surface area (TPSA) is 51.7 Å². The number of benzene rings is 15. The summed E-state index contributed by atoms with van der Waals surface area (Å²) in [6, 6.07) is 116. The van der Waals surface area contributed by atoms with Gasteiger partial charge in [-0.15, -0.1) is 0 Å². The number of fused-ring (bicyclic) bond motifs is 18. The van der Waals surface area contributed by atoms with Gasteiger partial charge >= 0.3 is 0 Å². The van der Waals surface area contributed by atoms with E-state index < -0.39 is 5.41 Å². The molecule has 0 aliphatic heterocycles. The molecule has 0 amide bonds. The Labute approximate surface area is 862 Å². The lowest BCUT2D eigenvalue weighted by Gasteiger charge is -2.35. The van der Waals surface area contributed by atoms with E-state index in [4.69, 9.17) is 18.9 Å². The summed E-state index contributed by atoms with van der Waals surface area (Å²) in [6.45, 7) is 28.0. The molecule has 3 heterocycles. The fourth-order valence-corrected chi connectivity index (χ4v) is 26.0. The predicted molar refractivity (Wildman–Crippen MR) is 615 cm³/mol. The summed E-state index contributed by atoms with van der Waals surface area (Å²) in [7, 11) is 0. The number of rotatable bonds is 46. The SMILES string of the molecule is CCCCCCCCC1(CCCCCCCC)c2cc(C)ccc2-c2ccc(-c3ccc4c(c3)C(c3ccc(OCCOCC)cc3)(c3ccc(OCCOCC)cc3)c3cc(-c5ccc6c(c5)C(CCCCCCCC)(CCCCCCCC)c5cc(-c7ccc8c(c7)c7cc(C)ccc7n8-c7ccc8c(c7)c7cc(-n9c%10ccc(C)cc%10c%10cc(C)ccc%109)ccc7n8-c7ccc(C)cc7)ccc5-6)ccc3-4)cc21. The molecule has 7 heteroatoms. The Balaban J connectivity index is 0.698. The molecule has 3 aliphatic rings. The van der Waals surface area contributed by atoms with Gasteiger partial charge in [-0.3, -0.25) is 0 Å². The normalized spacial score (nSPS) is 13.5. The van der Waals surface area contributed by atoms with E-state index in [-0.39, 0.29) is 10.8 Å². The number of nitrogens with zero attached hydrogens (tertiary/aromatic N) is 3. The van der Waals surface area contributed by atoms with Crippen LogP contribution in [-0.4, -0.2) is 53.3 Å². The van der Waals surface area contributed by atoms with Crippen molar-refractivity contribution >= 4 is 65.4 Å². The molecule has 15 aromatic carbocycles. The summed E-state index contributed by atoms with van der Waals surface area (Å²) >= 11 is 0. The number of aromatic nitrogens is 3. The van der Waals surface area contributed by atoms with Gasteiger partial charge in [0.05, 0.1) is 51.7 Å². The fraction of sp³-hybridized carbons (Fsp3) is 0.348. The van der Waals surface area contributed by atoms with Crippen LogP contribution in [0.25, 0.3) is 149 Å². The van der Waals surface area contributed by atoms with Gasteiger partial charge in [0.25, 0.3) is 0 Å². The van der Waals surface area contributed by atoms with Gasteiger partial charge in [-0.05, 0) is 337 Å². The number of unbranched alkanes of at least 4 members (excludes halogenated alkanes) is 20. The summed E-state index contributed by atoms with van der Waals surface area (Å²) < 4.78 is 32.3. The maximum Gasteiger partial charge on any atom is 0.119 e. The lowest BCUT2D eigenvalue weighted by molar-refractivity contribution is 0.110. The molecule has 0 atom stereocenters. The molecule has 740 valence electrons. The molecular formula is C138H149N3O4. The summed E-state index contributed by atoms with van der Waals surface area (Å²) in [4.78, 5) is 0. The molecule has 0 unspecified atom stereocenters.